The van der Waals surface area contributed by atoms with E-state index in [1.807, 2.05) is 13.8 Å². The first-order valence-corrected chi connectivity index (χ1v) is 5.29. The number of hydrogen-bond donors (Lipinski definition) is 1. The monoisotopic (exact) mass is 211 g/mol. The van der Waals surface area contributed by atoms with E-state index in [9.17, 15) is 0 Å². The Kier molecular flexibility index (Phi) is 2.59. The lowest BCUT2D eigenvalue weighted by molar-refractivity contribution is 0.453. The Balaban J connectivity index is 2.00. The van der Waals surface area contributed by atoms with E-state index in [2.05, 4.69) is 15.3 Å². The summed E-state index contributed by atoms with van der Waals surface area (Å²) in [7, 11) is 0. The van der Waals surface area contributed by atoms with Crippen molar-refractivity contribution in [2.75, 3.05) is 5.32 Å². The Morgan fingerprint density at radius 1 is 1.36 bits per heavy atom. The molecule has 0 radical (unpaired) electrons. The molecule has 0 amide bonds. The summed E-state index contributed by atoms with van der Waals surface area (Å²) in [6, 6.07) is 0.480. The lowest BCUT2D eigenvalue weighted by atomic mass is 9.92. The lowest BCUT2D eigenvalue weighted by Crippen LogP contribution is -2.36. The molecule has 14 heavy (non-hydrogen) atoms. The molecular weight excluding hydrogens is 198 g/mol. The molecule has 0 atom stereocenters. The molecule has 4 heteroatoms. The number of aromatic nitrogens is 2. The Morgan fingerprint density at radius 2 is 2.07 bits per heavy atom. The maximum atomic E-state index is 5.89. The van der Waals surface area contributed by atoms with Gasteiger partial charge in [0.15, 0.2) is 0 Å². The molecule has 1 aliphatic rings. The van der Waals surface area contributed by atoms with Crippen LogP contribution in [0.15, 0.2) is 6.20 Å². The zero-order valence-corrected chi connectivity index (χ0v) is 9.17. The SMILES string of the molecule is Cc1ncc(NC2CC(Cl)C2)nc1C. The summed E-state index contributed by atoms with van der Waals surface area (Å²) in [5, 5.41) is 3.66. The van der Waals surface area contributed by atoms with Gasteiger partial charge in [-0.2, -0.15) is 0 Å². The van der Waals surface area contributed by atoms with Gasteiger partial charge >= 0.3 is 0 Å². The first-order valence-electron chi connectivity index (χ1n) is 4.86. The van der Waals surface area contributed by atoms with E-state index < -0.39 is 0 Å². The molecule has 1 aromatic heterocycles. The number of anilines is 1. The molecule has 1 fully saturated rings. The highest BCUT2D eigenvalue weighted by Gasteiger charge is 2.27. The summed E-state index contributed by atoms with van der Waals surface area (Å²) in [6.45, 7) is 3.93. The van der Waals surface area contributed by atoms with Gasteiger partial charge in [0.05, 0.1) is 17.6 Å². The van der Waals surface area contributed by atoms with Gasteiger partial charge in [-0.15, -0.1) is 11.6 Å². The van der Waals surface area contributed by atoms with Crippen LogP contribution in [0.3, 0.4) is 0 Å². The minimum atomic E-state index is 0.340. The van der Waals surface area contributed by atoms with E-state index in [0.717, 1.165) is 30.0 Å². The van der Waals surface area contributed by atoms with E-state index in [1.54, 1.807) is 6.20 Å². The second-order valence-corrected chi connectivity index (χ2v) is 4.45. The van der Waals surface area contributed by atoms with Crippen LogP contribution in [0, 0.1) is 13.8 Å². The van der Waals surface area contributed by atoms with Crippen molar-refractivity contribution < 1.29 is 0 Å². The maximum absolute atomic E-state index is 5.89. The fourth-order valence-corrected chi connectivity index (χ4v) is 1.92. The average molecular weight is 212 g/mol. The predicted molar refractivity (Wildman–Crippen MR) is 57.8 cm³/mol. The second kappa shape index (κ2) is 3.73. The fraction of sp³-hybridized carbons (Fsp3) is 0.600. The number of nitrogens with zero attached hydrogens (tertiary/aromatic N) is 2. The van der Waals surface area contributed by atoms with E-state index in [0.29, 0.717) is 11.4 Å². The minimum Gasteiger partial charge on any atom is -0.366 e. The van der Waals surface area contributed by atoms with Gasteiger partial charge in [-0.1, -0.05) is 0 Å². The Hall–Kier alpha value is -0.830. The molecule has 1 N–H and O–H groups in total. The number of nitrogens with one attached hydrogen (secondary N) is 1. The quantitative estimate of drug-likeness (QED) is 0.763. The highest BCUT2D eigenvalue weighted by atomic mass is 35.5. The van der Waals surface area contributed by atoms with Gasteiger partial charge in [0.1, 0.15) is 5.82 Å². The Bertz CT molecular complexity index is 334. The number of halogens is 1. The summed E-state index contributed by atoms with van der Waals surface area (Å²) in [5.74, 6) is 0.863. The van der Waals surface area contributed by atoms with Crippen LogP contribution in [-0.2, 0) is 0 Å². The van der Waals surface area contributed by atoms with Gasteiger partial charge in [-0.25, -0.2) is 4.98 Å². The Morgan fingerprint density at radius 3 is 2.64 bits per heavy atom. The summed E-state index contributed by atoms with van der Waals surface area (Å²) >= 11 is 5.89. The number of alkyl halides is 1. The zero-order valence-electron chi connectivity index (χ0n) is 8.42. The molecule has 1 aromatic rings. The van der Waals surface area contributed by atoms with Crippen molar-refractivity contribution in [1.29, 1.82) is 0 Å². The molecule has 0 bridgehead atoms. The minimum absolute atomic E-state index is 0.340. The summed E-state index contributed by atoms with van der Waals surface area (Å²) in [5.41, 5.74) is 1.97. The normalized spacial score (nSPS) is 25.6. The summed E-state index contributed by atoms with van der Waals surface area (Å²) in [6.07, 6.45) is 3.83. The molecule has 0 aliphatic heterocycles. The standard InChI is InChI=1S/C10H14ClN3/c1-6-7(2)13-10(5-12-6)14-9-3-8(11)4-9/h5,8-9H,3-4H2,1-2H3,(H,13,14). The number of hydrogen-bond acceptors (Lipinski definition) is 3. The lowest BCUT2D eigenvalue weighted by Gasteiger charge is -2.31. The third-order valence-electron chi connectivity index (χ3n) is 2.62. The van der Waals surface area contributed by atoms with Crippen LogP contribution in [0.5, 0.6) is 0 Å². The van der Waals surface area contributed by atoms with Crippen LogP contribution >= 0.6 is 11.6 Å². The summed E-state index contributed by atoms with van der Waals surface area (Å²) in [4.78, 5) is 8.65. The molecular formula is C10H14ClN3. The molecule has 3 nitrogen and oxygen atoms in total. The second-order valence-electron chi connectivity index (χ2n) is 3.84. The molecule has 0 saturated heterocycles. The first-order chi connectivity index (χ1) is 6.65. The molecule has 1 heterocycles. The largest absolute Gasteiger partial charge is 0.366 e. The van der Waals surface area contributed by atoms with E-state index in [1.165, 1.54) is 0 Å². The number of aryl methyl sites for hydroxylation is 2. The van der Waals surface area contributed by atoms with Gasteiger partial charge in [0.25, 0.3) is 0 Å². The van der Waals surface area contributed by atoms with E-state index in [4.69, 9.17) is 11.6 Å². The van der Waals surface area contributed by atoms with Crippen molar-refractivity contribution >= 4 is 17.4 Å². The molecule has 0 unspecified atom stereocenters. The van der Waals surface area contributed by atoms with Crippen molar-refractivity contribution in [1.82, 2.24) is 9.97 Å². The fourth-order valence-electron chi connectivity index (χ4n) is 1.49. The van der Waals surface area contributed by atoms with Crippen LogP contribution in [0.4, 0.5) is 5.82 Å². The highest BCUT2D eigenvalue weighted by Crippen LogP contribution is 2.27. The molecule has 76 valence electrons. The van der Waals surface area contributed by atoms with Crippen LogP contribution < -0.4 is 5.32 Å². The maximum Gasteiger partial charge on any atom is 0.145 e. The van der Waals surface area contributed by atoms with Crippen molar-refractivity contribution in [2.45, 2.75) is 38.1 Å². The van der Waals surface area contributed by atoms with Gasteiger partial charge in [0.2, 0.25) is 0 Å². The van der Waals surface area contributed by atoms with Gasteiger partial charge in [-0.3, -0.25) is 4.98 Å². The van der Waals surface area contributed by atoms with Gasteiger partial charge in [-0.05, 0) is 26.7 Å². The van der Waals surface area contributed by atoms with Gasteiger partial charge in [0, 0.05) is 11.4 Å². The highest BCUT2D eigenvalue weighted by molar-refractivity contribution is 6.21. The Labute approximate surface area is 88.9 Å². The zero-order chi connectivity index (χ0) is 10.1. The third-order valence-corrected chi connectivity index (χ3v) is 2.98. The average Bonchev–Trinajstić information content (AvgIpc) is 2.09. The topological polar surface area (TPSA) is 37.8 Å². The van der Waals surface area contributed by atoms with Crippen LogP contribution in [0.1, 0.15) is 24.2 Å². The molecule has 1 saturated carbocycles. The summed E-state index contributed by atoms with van der Waals surface area (Å²) < 4.78 is 0. The first kappa shape index (κ1) is 9.71. The van der Waals surface area contributed by atoms with Crippen molar-refractivity contribution in [2.24, 2.45) is 0 Å². The van der Waals surface area contributed by atoms with Crippen molar-refractivity contribution in [3.63, 3.8) is 0 Å². The predicted octanol–water partition coefficient (Wildman–Crippen LogP) is 2.28. The third kappa shape index (κ3) is 1.98. The molecule has 1 aliphatic carbocycles. The van der Waals surface area contributed by atoms with Gasteiger partial charge < -0.3 is 5.32 Å². The van der Waals surface area contributed by atoms with Crippen molar-refractivity contribution in [3.8, 4) is 0 Å². The van der Waals surface area contributed by atoms with Crippen LogP contribution in [0.25, 0.3) is 0 Å². The van der Waals surface area contributed by atoms with Crippen LogP contribution in [-0.4, -0.2) is 21.4 Å². The molecule has 2 rings (SSSR count). The number of rotatable bonds is 2. The molecule has 0 aromatic carbocycles. The van der Waals surface area contributed by atoms with Crippen LogP contribution in [0.2, 0.25) is 0 Å². The van der Waals surface area contributed by atoms with E-state index in [-0.39, 0.29) is 0 Å². The van der Waals surface area contributed by atoms with E-state index >= 15 is 0 Å². The smallest absolute Gasteiger partial charge is 0.145 e. The molecule has 0 spiro atoms. The van der Waals surface area contributed by atoms with Crippen molar-refractivity contribution in [3.05, 3.63) is 17.6 Å².